The number of hydrogen-bond acceptors (Lipinski definition) is 2. The topological polar surface area (TPSA) is 12.9 Å². The Morgan fingerprint density at radius 1 is 1.40 bits per heavy atom. The summed E-state index contributed by atoms with van der Waals surface area (Å²) in [6.07, 6.45) is 1.88. The second-order valence-corrected chi connectivity index (χ2v) is 3.64. The SMILES string of the molecule is Brc1cccc2cnsc12. The fourth-order valence-electron chi connectivity index (χ4n) is 0.859. The number of aromatic nitrogens is 1. The van der Waals surface area contributed by atoms with E-state index in [4.69, 9.17) is 0 Å². The third-order valence-electron chi connectivity index (χ3n) is 1.33. The van der Waals surface area contributed by atoms with E-state index < -0.39 is 0 Å². The minimum Gasteiger partial charge on any atom is -0.200 e. The van der Waals surface area contributed by atoms with Crippen molar-refractivity contribution in [1.29, 1.82) is 0 Å². The molecule has 0 bridgehead atoms. The van der Waals surface area contributed by atoms with E-state index in [-0.39, 0.29) is 0 Å². The molecule has 1 nitrogen and oxygen atoms in total. The van der Waals surface area contributed by atoms with E-state index in [1.54, 1.807) is 0 Å². The monoisotopic (exact) mass is 213 g/mol. The van der Waals surface area contributed by atoms with Gasteiger partial charge < -0.3 is 0 Å². The Morgan fingerprint density at radius 2 is 2.30 bits per heavy atom. The van der Waals surface area contributed by atoms with Crippen molar-refractivity contribution in [2.45, 2.75) is 0 Å². The zero-order valence-electron chi connectivity index (χ0n) is 5.04. The smallest absolute Gasteiger partial charge is 0.0691 e. The van der Waals surface area contributed by atoms with Crippen LogP contribution >= 0.6 is 27.5 Å². The number of fused-ring (bicyclic) bond motifs is 1. The maximum absolute atomic E-state index is 4.07. The van der Waals surface area contributed by atoms with Gasteiger partial charge in [-0.25, -0.2) is 0 Å². The van der Waals surface area contributed by atoms with Crippen LogP contribution < -0.4 is 0 Å². The van der Waals surface area contributed by atoms with E-state index in [1.165, 1.54) is 21.6 Å². The molecule has 0 radical (unpaired) electrons. The highest BCUT2D eigenvalue weighted by Gasteiger charge is 1.97. The average Bonchev–Trinajstić information content (AvgIpc) is 2.36. The summed E-state index contributed by atoms with van der Waals surface area (Å²) >= 11 is 4.96. The molecular weight excluding hydrogens is 210 g/mol. The van der Waals surface area contributed by atoms with E-state index in [2.05, 4.69) is 26.4 Å². The van der Waals surface area contributed by atoms with E-state index in [0.29, 0.717) is 0 Å². The second kappa shape index (κ2) is 2.32. The molecule has 0 atom stereocenters. The maximum Gasteiger partial charge on any atom is 0.0691 e. The fraction of sp³-hybridized carbons (Fsp3) is 0. The standard InChI is InChI=1S/C7H4BrNS/c8-6-3-1-2-5-4-9-10-7(5)6/h1-4H. The summed E-state index contributed by atoms with van der Waals surface area (Å²) < 4.78 is 6.43. The summed E-state index contributed by atoms with van der Waals surface area (Å²) in [6.45, 7) is 0. The zero-order chi connectivity index (χ0) is 6.97. The minimum absolute atomic E-state index is 1.13. The molecule has 2 aromatic rings. The Bertz CT molecular complexity index is 355. The molecule has 1 aromatic heterocycles. The Balaban J connectivity index is 2.95. The number of nitrogens with zero attached hydrogens (tertiary/aromatic N) is 1. The van der Waals surface area contributed by atoms with Gasteiger partial charge in [-0.05, 0) is 33.5 Å². The van der Waals surface area contributed by atoms with Crippen LogP contribution in [0.1, 0.15) is 0 Å². The lowest BCUT2D eigenvalue weighted by atomic mass is 10.3. The number of hydrogen-bond donors (Lipinski definition) is 0. The lowest BCUT2D eigenvalue weighted by Gasteiger charge is -1.88. The Labute approximate surface area is 71.0 Å². The van der Waals surface area contributed by atoms with Crippen molar-refractivity contribution in [3.63, 3.8) is 0 Å². The average molecular weight is 214 g/mol. The molecule has 3 heteroatoms. The number of rotatable bonds is 0. The predicted octanol–water partition coefficient (Wildman–Crippen LogP) is 3.06. The Morgan fingerprint density at radius 3 is 3.10 bits per heavy atom. The van der Waals surface area contributed by atoms with Gasteiger partial charge in [-0.1, -0.05) is 12.1 Å². The van der Waals surface area contributed by atoms with E-state index in [0.717, 1.165) is 4.47 Å². The molecule has 0 aliphatic rings. The van der Waals surface area contributed by atoms with Crippen LogP contribution in [0.4, 0.5) is 0 Å². The summed E-state index contributed by atoms with van der Waals surface area (Å²) in [5, 5.41) is 1.21. The molecule has 10 heavy (non-hydrogen) atoms. The molecule has 0 fully saturated rings. The van der Waals surface area contributed by atoms with E-state index in [1.807, 2.05) is 18.3 Å². The highest BCUT2D eigenvalue weighted by Crippen LogP contribution is 2.26. The third kappa shape index (κ3) is 0.859. The van der Waals surface area contributed by atoms with Gasteiger partial charge in [-0.3, -0.25) is 0 Å². The van der Waals surface area contributed by atoms with E-state index >= 15 is 0 Å². The van der Waals surface area contributed by atoms with Gasteiger partial charge in [-0.2, -0.15) is 4.37 Å². The molecule has 0 aliphatic carbocycles. The minimum atomic E-state index is 1.13. The highest BCUT2D eigenvalue weighted by molar-refractivity contribution is 9.10. The van der Waals surface area contributed by atoms with Crippen molar-refractivity contribution in [2.75, 3.05) is 0 Å². The number of benzene rings is 1. The molecule has 50 valence electrons. The molecule has 2 rings (SSSR count). The van der Waals surface area contributed by atoms with Gasteiger partial charge in [0.05, 0.1) is 4.70 Å². The van der Waals surface area contributed by atoms with Crippen LogP contribution in [0.15, 0.2) is 28.9 Å². The first-order valence-corrected chi connectivity index (χ1v) is 4.43. The molecule has 0 unspecified atom stereocenters. The predicted molar refractivity (Wildman–Crippen MR) is 47.3 cm³/mol. The van der Waals surface area contributed by atoms with Gasteiger partial charge >= 0.3 is 0 Å². The molecular formula is C7H4BrNS. The van der Waals surface area contributed by atoms with E-state index in [9.17, 15) is 0 Å². The van der Waals surface area contributed by atoms with Crippen LogP contribution in [-0.2, 0) is 0 Å². The molecule has 0 saturated carbocycles. The summed E-state index contributed by atoms with van der Waals surface area (Å²) in [5.41, 5.74) is 0. The van der Waals surface area contributed by atoms with Crippen LogP contribution in [0.25, 0.3) is 10.1 Å². The van der Waals surface area contributed by atoms with Crippen LogP contribution in [0.5, 0.6) is 0 Å². The first-order chi connectivity index (χ1) is 4.88. The maximum atomic E-state index is 4.07. The largest absolute Gasteiger partial charge is 0.200 e. The van der Waals surface area contributed by atoms with Gasteiger partial charge in [0.25, 0.3) is 0 Å². The molecule has 1 heterocycles. The quantitative estimate of drug-likeness (QED) is 0.656. The van der Waals surface area contributed by atoms with Crippen molar-refractivity contribution in [2.24, 2.45) is 0 Å². The Kier molecular flexibility index (Phi) is 1.47. The molecule has 0 N–H and O–H groups in total. The second-order valence-electron chi connectivity index (χ2n) is 1.98. The first-order valence-electron chi connectivity index (χ1n) is 2.87. The summed E-state index contributed by atoms with van der Waals surface area (Å²) in [6, 6.07) is 6.10. The van der Waals surface area contributed by atoms with Gasteiger partial charge in [-0.15, -0.1) is 0 Å². The molecule has 1 aromatic carbocycles. The van der Waals surface area contributed by atoms with Crippen LogP contribution in [0.2, 0.25) is 0 Å². The molecule has 0 aliphatic heterocycles. The normalized spacial score (nSPS) is 10.5. The van der Waals surface area contributed by atoms with Crippen molar-refractivity contribution in [3.05, 3.63) is 28.9 Å². The van der Waals surface area contributed by atoms with Crippen LogP contribution in [0.3, 0.4) is 0 Å². The number of halogens is 1. The lowest BCUT2D eigenvalue weighted by Crippen LogP contribution is -1.62. The summed E-state index contributed by atoms with van der Waals surface area (Å²) in [5.74, 6) is 0. The van der Waals surface area contributed by atoms with Crippen molar-refractivity contribution >= 4 is 37.5 Å². The van der Waals surface area contributed by atoms with Gasteiger partial charge in [0.15, 0.2) is 0 Å². The zero-order valence-corrected chi connectivity index (χ0v) is 7.45. The van der Waals surface area contributed by atoms with Crippen molar-refractivity contribution in [3.8, 4) is 0 Å². The highest BCUT2D eigenvalue weighted by atomic mass is 79.9. The fourth-order valence-corrected chi connectivity index (χ4v) is 2.11. The lowest BCUT2D eigenvalue weighted by molar-refractivity contribution is 1.60. The first kappa shape index (κ1) is 6.31. The molecule has 0 spiro atoms. The summed E-state index contributed by atoms with van der Waals surface area (Å²) in [7, 11) is 0. The van der Waals surface area contributed by atoms with Gasteiger partial charge in [0.1, 0.15) is 0 Å². The van der Waals surface area contributed by atoms with Crippen molar-refractivity contribution in [1.82, 2.24) is 4.37 Å². The van der Waals surface area contributed by atoms with Crippen LogP contribution in [-0.4, -0.2) is 4.37 Å². The summed E-state index contributed by atoms with van der Waals surface area (Å²) in [4.78, 5) is 0. The molecule has 0 amide bonds. The van der Waals surface area contributed by atoms with Crippen LogP contribution in [0, 0.1) is 0 Å². The van der Waals surface area contributed by atoms with Crippen molar-refractivity contribution < 1.29 is 0 Å². The van der Waals surface area contributed by atoms with Gasteiger partial charge in [0.2, 0.25) is 0 Å². The molecule has 0 saturated heterocycles. The third-order valence-corrected chi connectivity index (χ3v) is 3.11. The Hall–Kier alpha value is -0.410. The van der Waals surface area contributed by atoms with Gasteiger partial charge in [0, 0.05) is 16.1 Å².